The molecule has 0 amide bonds. The fourth-order valence-corrected chi connectivity index (χ4v) is 5.86. The number of allylic oxidation sites excluding steroid dienone is 2. The number of aromatic nitrogens is 2. The third kappa shape index (κ3) is 2.73. The smallest absolute Gasteiger partial charge is 0.249 e. The van der Waals surface area contributed by atoms with Gasteiger partial charge in [0.2, 0.25) is 5.92 Å². The lowest BCUT2D eigenvalue weighted by molar-refractivity contribution is -0.118. The number of carbonyl (C=O) groups excluding carboxylic acids is 1. The molecule has 0 radical (unpaired) electrons. The van der Waals surface area contributed by atoms with Crippen molar-refractivity contribution in [1.82, 2.24) is 10.2 Å². The van der Waals surface area contributed by atoms with Gasteiger partial charge in [-0.05, 0) is 24.3 Å². The maximum Gasteiger partial charge on any atom is 0.249 e. The summed E-state index contributed by atoms with van der Waals surface area (Å²) < 4.78 is 27.3. The molecule has 152 valence electrons. The molecule has 1 N–H and O–H groups in total. The summed E-state index contributed by atoms with van der Waals surface area (Å²) in [4.78, 5) is 13.4. The molecule has 29 heavy (non-hydrogen) atoms. The van der Waals surface area contributed by atoms with Crippen LogP contribution in [0.15, 0.2) is 41.5 Å². The normalized spacial score (nSPS) is 28.0. The van der Waals surface area contributed by atoms with Gasteiger partial charge in [0.25, 0.3) is 0 Å². The lowest BCUT2D eigenvalue weighted by Gasteiger charge is -2.45. The molecule has 3 nitrogen and oxygen atoms in total. The van der Waals surface area contributed by atoms with Crippen LogP contribution in [0.3, 0.4) is 0 Å². The van der Waals surface area contributed by atoms with Crippen molar-refractivity contribution in [3.63, 3.8) is 0 Å². The minimum atomic E-state index is -2.61. The molecule has 1 heterocycles. The Kier molecular flexibility index (Phi) is 3.78. The van der Waals surface area contributed by atoms with Crippen LogP contribution >= 0.6 is 0 Å². The Balaban J connectivity index is 1.72. The van der Waals surface area contributed by atoms with E-state index in [2.05, 4.69) is 31.0 Å². The summed E-state index contributed by atoms with van der Waals surface area (Å²) in [5, 5.41) is 7.69. The lowest BCUT2D eigenvalue weighted by Crippen LogP contribution is -2.42. The molecule has 0 aliphatic heterocycles. The second-order valence-electron chi connectivity index (χ2n) is 10.0. The van der Waals surface area contributed by atoms with Gasteiger partial charge in [-0.25, -0.2) is 8.78 Å². The zero-order valence-corrected chi connectivity index (χ0v) is 17.1. The average Bonchev–Trinajstić information content (AvgIpc) is 3.03. The molecule has 5 heteroatoms. The van der Waals surface area contributed by atoms with Crippen molar-refractivity contribution in [2.75, 3.05) is 0 Å². The van der Waals surface area contributed by atoms with Crippen LogP contribution in [0.1, 0.15) is 74.9 Å². The quantitative estimate of drug-likeness (QED) is 0.732. The van der Waals surface area contributed by atoms with Gasteiger partial charge < -0.3 is 0 Å². The number of hydrogen-bond donors (Lipinski definition) is 1. The van der Waals surface area contributed by atoms with Gasteiger partial charge in [-0.15, -0.1) is 0 Å². The minimum absolute atomic E-state index is 0.0656. The summed E-state index contributed by atoms with van der Waals surface area (Å²) in [7, 11) is 0. The van der Waals surface area contributed by atoms with Crippen LogP contribution in [0.25, 0.3) is 0 Å². The topological polar surface area (TPSA) is 45.8 Å². The van der Waals surface area contributed by atoms with E-state index in [1.54, 1.807) is 0 Å². The molecule has 0 spiro atoms. The van der Waals surface area contributed by atoms with Crippen molar-refractivity contribution in [3.8, 4) is 0 Å². The number of alkyl halides is 2. The molecule has 1 atom stereocenters. The van der Waals surface area contributed by atoms with Gasteiger partial charge in [0.1, 0.15) is 0 Å². The van der Waals surface area contributed by atoms with Crippen molar-refractivity contribution in [2.45, 2.75) is 70.1 Å². The Hall–Kier alpha value is -2.30. The van der Waals surface area contributed by atoms with E-state index in [4.69, 9.17) is 0 Å². The van der Waals surface area contributed by atoms with Crippen molar-refractivity contribution in [1.29, 1.82) is 0 Å². The predicted molar refractivity (Wildman–Crippen MR) is 107 cm³/mol. The first-order valence-corrected chi connectivity index (χ1v) is 10.4. The van der Waals surface area contributed by atoms with Gasteiger partial charge in [-0.1, -0.05) is 49.8 Å². The molecule has 1 aromatic heterocycles. The lowest BCUT2D eigenvalue weighted by atomic mass is 9.57. The molecule has 2 aromatic rings. The number of H-pyrrole nitrogens is 1. The first-order chi connectivity index (χ1) is 13.6. The molecule has 1 aromatic carbocycles. The second kappa shape index (κ2) is 5.87. The van der Waals surface area contributed by atoms with Crippen molar-refractivity contribution in [2.24, 2.45) is 5.41 Å². The summed E-state index contributed by atoms with van der Waals surface area (Å²) in [5.74, 6) is -2.69. The molecule has 3 aliphatic carbocycles. The molecule has 5 rings (SSSR count). The average molecular weight is 396 g/mol. The highest BCUT2D eigenvalue weighted by atomic mass is 19.3. The fraction of sp³-hybridized carbons (Fsp3) is 0.500. The highest BCUT2D eigenvalue weighted by Gasteiger charge is 2.53. The third-order valence-electron chi connectivity index (χ3n) is 7.05. The molecule has 0 bridgehead atoms. The van der Waals surface area contributed by atoms with Crippen LogP contribution in [-0.4, -0.2) is 21.9 Å². The number of benzene rings is 1. The molecule has 0 unspecified atom stereocenters. The van der Waals surface area contributed by atoms with Crippen LogP contribution in [0.5, 0.6) is 0 Å². The highest BCUT2D eigenvalue weighted by molar-refractivity contribution is 6.01. The van der Waals surface area contributed by atoms with E-state index < -0.39 is 11.3 Å². The summed E-state index contributed by atoms with van der Waals surface area (Å²) in [5.41, 5.74) is 4.98. The Morgan fingerprint density at radius 2 is 1.76 bits per heavy atom. The van der Waals surface area contributed by atoms with E-state index in [-0.39, 0.29) is 30.0 Å². The Bertz CT molecular complexity index is 1030. The van der Waals surface area contributed by atoms with E-state index >= 15 is 0 Å². The Labute approximate surface area is 169 Å². The van der Waals surface area contributed by atoms with Gasteiger partial charge >= 0.3 is 0 Å². The number of hydrogen-bond acceptors (Lipinski definition) is 2. The number of halogens is 2. The van der Waals surface area contributed by atoms with Crippen LogP contribution in [0.4, 0.5) is 8.78 Å². The van der Waals surface area contributed by atoms with Gasteiger partial charge in [0.05, 0.1) is 5.69 Å². The maximum atomic E-state index is 13.6. The number of Topliss-reactive ketones (excluding diaryl/α,β-unsaturated/α-hetero) is 1. The first kappa shape index (κ1) is 18.7. The number of nitrogens with zero attached hydrogens (tertiary/aromatic N) is 1. The van der Waals surface area contributed by atoms with Crippen LogP contribution in [-0.2, 0) is 16.6 Å². The Morgan fingerprint density at radius 1 is 1.07 bits per heavy atom. The third-order valence-corrected chi connectivity index (χ3v) is 7.05. The van der Waals surface area contributed by atoms with Crippen molar-refractivity contribution < 1.29 is 13.6 Å². The zero-order valence-electron chi connectivity index (χ0n) is 17.1. The van der Waals surface area contributed by atoms with E-state index in [1.165, 1.54) is 5.57 Å². The van der Waals surface area contributed by atoms with Crippen molar-refractivity contribution in [3.05, 3.63) is 64.0 Å². The number of aromatic amines is 1. The van der Waals surface area contributed by atoms with Gasteiger partial charge in [-0.2, -0.15) is 5.10 Å². The van der Waals surface area contributed by atoms with Gasteiger partial charge in [0.15, 0.2) is 5.78 Å². The SMILES string of the molecule is CC1(C)CC(=O)C2=C(Cc3[nH]nc(C4CC(F)(F)C4)c3[C@]2(C)c2ccccc2)C1. The summed E-state index contributed by atoms with van der Waals surface area (Å²) in [6, 6.07) is 9.99. The molecule has 3 aliphatic rings. The molecule has 1 saturated carbocycles. The molecular weight excluding hydrogens is 370 g/mol. The van der Waals surface area contributed by atoms with Crippen LogP contribution in [0, 0.1) is 5.41 Å². The minimum Gasteiger partial charge on any atom is -0.294 e. The number of fused-ring (bicyclic) bond motifs is 1. The highest BCUT2D eigenvalue weighted by Crippen LogP contribution is 2.56. The summed E-state index contributed by atoms with van der Waals surface area (Å²) >= 11 is 0. The maximum absolute atomic E-state index is 13.6. The number of carbonyl (C=O) groups is 1. The summed E-state index contributed by atoms with van der Waals surface area (Å²) in [6.07, 6.45) is 1.70. The molecule has 0 saturated heterocycles. The van der Waals surface area contributed by atoms with Crippen molar-refractivity contribution >= 4 is 5.78 Å². The largest absolute Gasteiger partial charge is 0.294 e. The standard InChI is InChI=1S/C24H26F2N2O/c1-22(2)10-14-9-17-20(21(28-27-17)15-11-24(25,26)12-15)23(3,19(14)18(29)13-22)16-7-5-4-6-8-16/h4-8,15H,9-13H2,1-3H3,(H,27,28)/t23-/m1/s1. The van der Waals surface area contributed by atoms with Gasteiger partial charge in [0, 0.05) is 53.8 Å². The van der Waals surface area contributed by atoms with Gasteiger partial charge in [-0.3, -0.25) is 9.89 Å². The fourth-order valence-electron chi connectivity index (χ4n) is 5.86. The monoisotopic (exact) mass is 396 g/mol. The molecular formula is C24H26F2N2O. The number of ketones is 1. The number of nitrogens with one attached hydrogen (secondary N) is 1. The second-order valence-corrected chi connectivity index (χ2v) is 10.0. The first-order valence-electron chi connectivity index (χ1n) is 10.4. The Morgan fingerprint density at radius 3 is 2.41 bits per heavy atom. The van der Waals surface area contributed by atoms with Crippen LogP contribution in [0.2, 0.25) is 0 Å². The van der Waals surface area contributed by atoms with E-state index in [0.29, 0.717) is 12.8 Å². The number of rotatable bonds is 2. The van der Waals surface area contributed by atoms with E-state index in [0.717, 1.165) is 34.5 Å². The van der Waals surface area contributed by atoms with Crippen LogP contribution < -0.4 is 0 Å². The summed E-state index contributed by atoms with van der Waals surface area (Å²) in [6.45, 7) is 6.36. The predicted octanol–water partition coefficient (Wildman–Crippen LogP) is 5.47. The molecule has 1 fully saturated rings. The zero-order chi connectivity index (χ0) is 20.6. The van der Waals surface area contributed by atoms with E-state index in [9.17, 15) is 13.6 Å². The van der Waals surface area contributed by atoms with E-state index in [1.807, 2.05) is 30.3 Å².